The van der Waals surface area contributed by atoms with Gasteiger partial charge in [0.15, 0.2) is 0 Å². The standard InChI is InChI=1S/C27H23ClF2N2O5S/c1-27(2,3)19-9-6-15(13-20(19)30)38(35,36)32-21-10-11-22(37-14-29)24(28)23(21)16-7-8-18(26(33)34)25-17(16)5-4-12-31-25/h4-13,32H,14H2,1-3H3,(H,33,34). The third-order valence-electron chi connectivity index (χ3n) is 5.89. The molecule has 198 valence electrons. The largest absolute Gasteiger partial charge is 0.478 e. The fourth-order valence-corrected chi connectivity index (χ4v) is 5.52. The summed E-state index contributed by atoms with van der Waals surface area (Å²) in [5, 5.41) is 9.82. The maximum absolute atomic E-state index is 14.8. The summed E-state index contributed by atoms with van der Waals surface area (Å²) in [4.78, 5) is 15.6. The minimum Gasteiger partial charge on any atom is -0.478 e. The van der Waals surface area contributed by atoms with E-state index >= 15 is 0 Å². The van der Waals surface area contributed by atoms with Gasteiger partial charge in [-0.3, -0.25) is 9.71 Å². The van der Waals surface area contributed by atoms with Crippen molar-refractivity contribution in [2.75, 3.05) is 11.6 Å². The number of nitrogens with zero attached hydrogens (tertiary/aromatic N) is 1. The van der Waals surface area contributed by atoms with Crippen LogP contribution < -0.4 is 9.46 Å². The number of carboxylic acids is 1. The summed E-state index contributed by atoms with van der Waals surface area (Å²) >= 11 is 6.58. The molecule has 0 unspecified atom stereocenters. The molecule has 3 aromatic carbocycles. The van der Waals surface area contributed by atoms with E-state index in [9.17, 15) is 27.1 Å². The van der Waals surface area contributed by atoms with E-state index in [0.29, 0.717) is 16.5 Å². The molecule has 0 saturated heterocycles. The first-order valence-electron chi connectivity index (χ1n) is 11.3. The average molecular weight is 561 g/mol. The van der Waals surface area contributed by atoms with Gasteiger partial charge in [0.1, 0.15) is 11.6 Å². The van der Waals surface area contributed by atoms with Gasteiger partial charge in [0.2, 0.25) is 6.86 Å². The predicted octanol–water partition coefficient (Wildman–Crippen LogP) is 6.80. The minimum absolute atomic E-state index is 0.0188. The summed E-state index contributed by atoms with van der Waals surface area (Å²) in [6, 6.07) is 12.2. The number of hydrogen-bond acceptors (Lipinski definition) is 5. The van der Waals surface area contributed by atoms with Crippen LogP contribution in [0.5, 0.6) is 5.75 Å². The van der Waals surface area contributed by atoms with Crippen molar-refractivity contribution in [1.29, 1.82) is 0 Å². The molecule has 0 bridgehead atoms. The minimum atomic E-state index is -4.32. The topological polar surface area (TPSA) is 106 Å². The van der Waals surface area contributed by atoms with Gasteiger partial charge < -0.3 is 9.84 Å². The molecule has 0 aliphatic carbocycles. The van der Waals surface area contributed by atoms with Crippen LogP contribution in [-0.4, -0.2) is 31.3 Å². The zero-order valence-electron chi connectivity index (χ0n) is 20.6. The second kappa shape index (κ2) is 10.2. The molecule has 0 amide bonds. The number of fused-ring (bicyclic) bond motifs is 1. The zero-order valence-corrected chi connectivity index (χ0v) is 22.1. The number of benzene rings is 3. The Morgan fingerprint density at radius 1 is 1.13 bits per heavy atom. The lowest BCUT2D eigenvalue weighted by Crippen LogP contribution is -2.17. The number of halogens is 3. The second-order valence-corrected chi connectivity index (χ2v) is 11.5. The number of hydrogen-bond donors (Lipinski definition) is 2. The number of carboxylic acid groups (broad SMARTS) is 1. The van der Waals surface area contributed by atoms with Crippen molar-refractivity contribution >= 4 is 44.2 Å². The summed E-state index contributed by atoms with van der Waals surface area (Å²) in [5.74, 6) is -1.94. The highest BCUT2D eigenvalue weighted by molar-refractivity contribution is 7.92. The third kappa shape index (κ3) is 5.14. The van der Waals surface area contributed by atoms with Crippen LogP contribution in [0.15, 0.2) is 65.7 Å². The van der Waals surface area contributed by atoms with Crippen molar-refractivity contribution in [3.63, 3.8) is 0 Å². The van der Waals surface area contributed by atoms with Crippen molar-refractivity contribution in [3.05, 3.63) is 82.8 Å². The maximum atomic E-state index is 14.8. The summed E-state index contributed by atoms with van der Waals surface area (Å²) in [5.41, 5.74) is 0.277. The number of anilines is 1. The number of aromatic nitrogens is 1. The van der Waals surface area contributed by atoms with Crippen LogP contribution in [0.25, 0.3) is 22.0 Å². The molecule has 4 rings (SSSR count). The number of carbonyl (C=O) groups is 1. The Bertz CT molecular complexity index is 1670. The van der Waals surface area contributed by atoms with Crippen molar-refractivity contribution in [3.8, 4) is 16.9 Å². The Hall–Kier alpha value is -3.76. The highest BCUT2D eigenvalue weighted by Gasteiger charge is 2.25. The Balaban J connectivity index is 1.91. The normalized spacial score (nSPS) is 11.9. The molecule has 0 fully saturated rings. The smallest absolute Gasteiger partial charge is 0.337 e. The Labute approximate surface area is 223 Å². The van der Waals surface area contributed by atoms with E-state index in [0.717, 1.165) is 6.07 Å². The van der Waals surface area contributed by atoms with Gasteiger partial charge in [-0.1, -0.05) is 50.6 Å². The van der Waals surface area contributed by atoms with Crippen LogP contribution in [0.1, 0.15) is 36.7 Å². The van der Waals surface area contributed by atoms with Gasteiger partial charge >= 0.3 is 5.97 Å². The van der Waals surface area contributed by atoms with E-state index in [1.165, 1.54) is 42.6 Å². The molecule has 0 spiro atoms. The highest BCUT2D eigenvalue weighted by Crippen LogP contribution is 2.44. The molecular weight excluding hydrogens is 538 g/mol. The fourth-order valence-electron chi connectivity index (χ4n) is 4.11. The van der Waals surface area contributed by atoms with Gasteiger partial charge in [0.05, 0.1) is 26.7 Å². The molecule has 0 saturated carbocycles. The van der Waals surface area contributed by atoms with Crippen LogP contribution in [0.4, 0.5) is 14.5 Å². The molecule has 0 aliphatic heterocycles. The monoisotopic (exact) mass is 560 g/mol. The maximum Gasteiger partial charge on any atom is 0.337 e. The van der Waals surface area contributed by atoms with Gasteiger partial charge in [-0.2, -0.15) is 0 Å². The van der Waals surface area contributed by atoms with Gasteiger partial charge in [0, 0.05) is 17.1 Å². The van der Waals surface area contributed by atoms with E-state index in [4.69, 9.17) is 16.3 Å². The summed E-state index contributed by atoms with van der Waals surface area (Å²) in [7, 11) is -4.32. The molecule has 7 nitrogen and oxygen atoms in total. The Kier molecular flexibility index (Phi) is 7.31. The lowest BCUT2D eigenvalue weighted by atomic mass is 9.87. The lowest BCUT2D eigenvalue weighted by Gasteiger charge is -2.21. The first-order chi connectivity index (χ1) is 17.8. The molecule has 4 aromatic rings. The molecule has 38 heavy (non-hydrogen) atoms. The molecule has 0 aliphatic rings. The number of aromatic carboxylic acids is 1. The number of sulfonamides is 1. The zero-order chi connectivity index (χ0) is 27.8. The number of nitrogens with one attached hydrogen (secondary N) is 1. The van der Waals surface area contributed by atoms with Crippen LogP contribution in [0.3, 0.4) is 0 Å². The lowest BCUT2D eigenvalue weighted by molar-refractivity contribution is 0.0698. The van der Waals surface area contributed by atoms with Crippen LogP contribution in [0.2, 0.25) is 5.02 Å². The van der Waals surface area contributed by atoms with Crippen LogP contribution in [-0.2, 0) is 15.4 Å². The van der Waals surface area contributed by atoms with Crippen molar-refractivity contribution in [1.82, 2.24) is 4.98 Å². The molecule has 1 heterocycles. The molecular formula is C27H23ClF2N2O5S. The predicted molar refractivity (Wildman–Crippen MR) is 142 cm³/mol. The molecule has 0 atom stereocenters. The van der Waals surface area contributed by atoms with Crippen LogP contribution in [0, 0.1) is 5.82 Å². The molecule has 1 aromatic heterocycles. The molecule has 2 N–H and O–H groups in total. The van der Waals surface area contributed by atoms with Crippen molar-refractivity contribution < 1.29 is 31.8 Å². The summed E-state index contributed by atoms with van der Waals surface area (Å²) in [6.07, 6.45) is 1.42. The van der Waals surface area contributed by atoms with E-state index in [1.54, 1.807) is 12.1 Å². The van der Waals surface area contributed by atoms with E-state index in [1.807, 2.05) is 20.8 Å². The number of pyridine rings is 1. The Morgan fingerprint density at radius 2 is 1.87 bits per heavy atom. The third-order valence-corrected chi connectivity index (χ3v) is 7.63. The van der Waals surface area contributed by atoms with Gasteiger partial charge in [-0.05, 0) is 52.9 Å². The first-order valence-corrected chi connectivity index (χ1v) is 13.2. The van der Waals surface area contributed by atoms with Gasteiger partial charge in [-0.15, -0.1) is 0 Å². The van der Waals surface area contributed by atoms with E-state index in [-0.39, 0.29) is 38.0 Å². The fraction of sp³-hybridized carbons (Fsp3) is 0.185. The quantitative estimate of drug-likeness (QED) is 0.257. The average Bonchev–Trinajstić information content (AvgIpc) is 2.84. The number of rotatable bonds is 7. The van der Waals surface area contributed by atoms with Crippen molar-refractivity contribution in [2.45, 2.75) is 31.1 Å². The van der Waals surface area contributed by atoms with Crippen molar-refractivity contribution in [2.24, 2.45) is 0 Å². The summed E-state index contributed by atoms with van der Waals surface area (Å²) < 4.78 is 61.9. The summed E-state index contributed by atoms with van der Waals surface area (Å²) in [6.45, 7) is 4.23. The first kappa shape index (κ1) is 27.3. The van der Waals surface area contributed by atoms with E-state index < -0.39 is 34.1 Å². The SMILES string of the molecule is CC(C)(C)c1ccc(S(=O)(=O)Nc2ccc(OCF)c(Cl)c2-c2ccc(C(=O)O)c3ncccc23)cc1F. The van der Waals surface area contributed by atoms with Crippen LogP contribution >= 0.6 is 11.6 Å². The molecule has 0 radical (unpaired) electrons. The number of ether oxygens (including phenoxy) is 1. The second-order valence-electron chi connectivity index (χ2n) is 9.42. The van der Waals surface area contributed by atoms with Gasteiger partial charge in [-0.25, -0.2) is 22.0 Å². The molecule has 11 heteroatoms. The Morgan fingerprint density at radius 3 is 2.50 bits per heavy atom. The number of alkyl halides is 1. The van der Waals surface area contributed by atoms with E-state index in [2.05, 4.69) is 9.71 Å². The highest BCUT2D eigenvalue weighted by atomic mass is 35.5. The van der Waals surface area contributed by atoms with Gasteiger partial charge in [0.25, 0.3) is 10.0 Å².